The summed E-state index contributed by atoms with van der Waals surface area (Å²) in [6.45, 7) is 9.12. The molecule has 0 aliphatic carbocycles. The summed E-state index contributed by atoms with van der Waals surface area (Å²) < 4.78 is 10.9. The smallest absolute Gasteiger partial charge is 0.412 e. The molecule has 2 rings (SSSR count). The average Bonchev–Trinajstić information content (AvgIpc) is 2.65. The summed E-state index contributed by atoms with van der Waals surface area (Å²) >= 11 is 0. The van der Waals surface area contributed by atoms with E-state index in [4.69, 9.17) is 9.47 Å². The van der Waals surface area contributed by atoms with Gasteiger partial charge in [-0.2, -0.15) is 0 Å². The monoisotopic (exact) mass is 279 g/mol. The lowest BCUT2D eigenvalue weighted by molar-refractivity contribution is 0.0635. The third-order valence-electron chi connectivity index (χ3n) is 2.99. The molecule has 1 aliphatic rings. The van der Waals surface area contributed by atoms with Crippen LogP contribution in [0.2, 0.25) is 0 Å². The molecule has 1 aromatic carbocycles. The number of phenolic OH excluding ortho intramolecular Hbond substituents is 1. The fourth-order valence-electron chi connectivity index (χ4n) is 2.22. The highest BCUT2D eigenvalue weighted by Gasteiger charge is 2.28. The number of hydrogen-bond donors (Lipinski definition) is 2. The van der Waals surface area contributed by atoms with Crippen LogP contribution in [-0.4, -0.2) is 22.9 Å². The van der Waals surface area contributed by atoms with Crippen molar-refractivity contribution >= 4 is 11.8 Å². The van der Waals surface area contributed by atoms with Crippen molar-refractivity contribution in [2.75, 3.05) is 5.32 Å². The molecule has 1 aromatic rings. The first kappa shape index (κ1) is 14.5. The van der Waals surface area contributed by atoms with E-state index in [2.05, 4.69) is 5.32 Å². The molecule has 0 unspecified atom stereocenters. The number of ether oxygens (including phenoxy) is 2. The minimum absolute atomic E-state index is 0.0168. The lowest BCUT2D eigenvalue weighted by Crippen LogP contribution is -2.27. The van der Waals surface area contributed by atoms with Gasteiger partial charge in [0.15, 0.2) is 0 Å². The van der Waals surface area contributed by atoms with Crippen molar-refractivity contribution in [3.8, 4) is 11.5 Å². The van der Waals surface area contributed by atoms with Crippen molar-refractivity contribution in [1.82, 2.24) is 0 Å². The van der Waals surface area contributed by atoms with Crippen molar-refractivity contribution in [1.29, 1.82) is 0 Å². The van der Waals surface area contributed by atoms with Crippen molar-refractivity contribution in [2.45, 2.75) is 52.7 Å². The second kappa shape index (κ2) is 4.89. The van der Waals surface area contributed by atoms with Crippen LogP contribution in [0.1, 0.15) is 38.8 Å². The van der Waals surface area contributed by atoms with Crippen LogP contribution >= 0.6 is 0 Å². The quantitative estimate of drug-likeness (QED) is 0.773. The molecule has 0 saturated carbocycles. The van der Waals surface area contributed by atoms with E-state index in [1.807, 2.05) is 6.92 Å². The highest BCUT2D eigenvalue weighted by atomic mass is 16.6. The van der Waals surface area contributed by atoms with E-state index in [1.165, 1.54) is 0 Å². The molecule has 20 heavy (non-hydrogen) atoms. The molecule has 0 fully saturated rings. The SMILES string of the molecule is Cc1cc(NC(=O)OC(C)(C)C)c2c(c1O)C[C@@H](C)O2. The van der Waals surface area contributed by atoms with Gasteiger partial charge >= 0.3 is 6.09 Å². The van der Waals surface area contributed by atoms with Gasteiger partial charge in [-0.25, -0.2) is 4.79 Å². The summed E-state index contributed by atoms with van der Waals surface area (Å²) in [5.74, 6) is 0.769. The minimum Gasteiger partial charge on any atom is -0.507 e. The number of benzene rings is 1. The summed E-state index contributed by atoms with van der Waals surface area (Å²) in [5, 5.41) is 12.7. The van der Waals surface area contributed by atoms with Gasteiger partial charge in [-0.1, -0.05) is 0 Å². The van der Waals surface area contributed by atoms with E-state index in [-0.39, 0.29) is 11.9 Å². The maximum Gasteiger partial charge on any atom is 0.412 e. The molecule has 5 heteroatoms. The molecule has 1 aliphatic heterocycles. The van der Waals surface area contributed by atoms with Crippen LogP contribution in [0.4, 0.5) is 10.5 Å². The molecular weight excluding hydrogens is 258 g/mol. The Labute approximate surface area is 118 Å². The van der Waals surface area contributed by atoms with Gasteiger partial charge in [0.2, 0.25) is 0 Å². The Morgan fingerprint density at radius 3 is 2.75 bits per heavy atom. The number of amides is 1. The van der Waals surface area contributed by atoms with Gasteiger partial charge in [-0.05, 0) is 46.2 Å². The number of rotatable bonds is 1. The largest absolute Gasteiger partial charge is 0.507 e. The van der Waals surface area contributed by atoms with Crippen LogP contribution in [0.5, 0.6) is 11.5 Å². The van der Waals surface area contributed by atoms with Gasteiger partial charge < -0.3 is 14.6 Å². The Bertz CT molecular complexity index is 546. The summed E-state index contributed by atoms with van der Waals surface area (Å²) in [5.41, 5.74) is 1.41. The first-order valence-electron chi connectivity index (χ1n) is 6.69. The molecule has 0 spiro atoms. The van der Waals surface area contributed by atoms with Crippen molar-refractivity contribution < 1.29 is 19.4 Å². The van der Waals surface area contributed by atoms with Gasteiger partial charge in [0, 0.05) is 12.0 Å². The third-order valence-corrected chi connectivity index (χ3v) is 2.99. The maximum atomic E-state index is 11.9. The number of nitrogens with one attached hydrogen (secondary N) is 1. The van der Waals surface area contributed by atoms with Crippen LogP contribution in [0.15, 0.2) is 6.07 Å². The Kier molecular flexibility index (Phi) is 3.54. The Morgan fingerprint density at radius 2 is 2.15 bits per heavy atom. The lowest BCUT2D eigenvalue weighted by Gasteiger charge is -2.20. The van der Waals surface area contributed by atoms with Gasteiger partial charge in [-0.3, -0.25) is 5.32 Å². The number of aromatic hydroxyl groups is 1. The molecule has 110 valence electrons. The second-order valence-corrected chi connectivity index (χ2v) is 6.16. The predicted octanol–water partition coefficient (Wildman–Crippen LogP) is 3.37. The zero-order valence-corrected chi connectivity index (χ0v) is 12.5. The van der Waals surface area contributed by atoms with Gasteiger partial charge in [0.25, 0.3) is 0 Å². The van der Waals surface area contributed by atoms with Crippen molar-refractivity contribution in [2.24, 2.45) is 0 Å². The van der Waals surface area contributed by atoms with E-state index in [0.717, 1.165) is 5.56 Å². The highest BCUT2D eigenvalue weighted by Crippen LogP contribution is 2.43. The molecule has 2 N–H and O–H groups in total. The number of carbonyl (C=O) groups excluding carboxylic acids is 1. The van der Waals surface area contributed by atoms with Gasteiger partial charge in [0.1, 0.15) is 23.2 Å². The highest BCUT2D eigenvalue weighted by molar-refractivity contribution is 5.88. The summed E-state index contributed by atoms with van der Waals surface area (Å²) in [6.07, 6.45) is 0.0797. The van der Waals surface area contributed by atoms with Crippen LogP contribution in [0.25, 0.3) is 0 Å². The Hall–Kier alpha value is -1.91. The second-order valence-electron chi connectivity index (χ2n) is 6.16. The number of anilines is 1. The van der Waals surface area contributed by atoms with E-state index >= 15 is 0 Å². The molecule has 0 aromatic heterocycles. The van der Waals surface area contributed by atoms with Crippen molar-refractivity contribution in [3.63, 3.8) is 0 Å². The third kappa shape index (κ3) is 2.98. The van der Waals surface area contributed by atoms with Crippen molar-refractivity contribution in [3.05, 3.63) is 17.2 Å². The summed E-state index contributed by atoms with van der Waals surface area (Å²) in [7, 11) is 0. The van der Waals surface area contributed by atoms with Crippen LogP contribution < -0.4 is 10.1 Å². The molecule has 0 saturated heterocycles. The number of fused-ring (bicyclic) bond motifs is 1. The van der Waals surface area contributed by atoms with E-state index < -0.39 is 11.7 Å². The summed E-state index contributed by atoms with van der Waals surface area (Å²) in [6, 6.07) is 1.69. The van der Waals surface area contributed by atoms with Crippen LogP contribution in [0.3, 0.4) is 0 Å². The maximum absolute atomic E-state index is 11.9. The van der Waals surface area contributed by atoms with E-state index in [1.54, 1.807) is 33.8 Å². The lowest BCUT2D eigenvalue weighted by atomic mass is 10.0. The normalized spacial score (nSPS) is 17.4. The Balaban J connectivity index is 2.28. The number of carbonyl (C=O) groups is 1. The fraction of sp³-hybridized carbons (Fsp3) is 0.533. The van der Waals surface area contributed by atoms with Gasteiger partial charge in [0.05, 0.1) is 5.69 Å². The molecule has 5 nitrogen and oxygen atoms in total. The van der Waals surface area contributed by atoms with Crippen LogP contribution in [0, 0.1) is 6.92 Å². The Morgan fingerprint density at radius 1 is 1.50 bits per heavy atom. The fourth-order valence-corrected chi connectivity index (χ4v) is 2.22. The van der Waals surface area contributed by atoms with E-state index in [9.17, 15) is 9.90 Å². The number of aryl methyl sites for hydroxylation is 1. The number of phenols is 1. The average molecular weight is 279 g/mol. The van der Waals surface area contributed by atoms with Crippen LogP contribution in [-0.2, 0) is 11.2 Å². The number of hydrogen-bond acceptors (Lipinski definition) is 4. The standard InChI is InChI=1S/C15H21NO4/c1-8-6-11(16-14(18)20-15(3,4)5)13-10(12(8)17)7-9(2)19-13/h6,9,17H,7H2,1-5H3,(H,16,18)/t9-/m1/s1. The molecule has 0 radical (unpaired) electrons. The van der Waals surface area contributed by atoms with Gasteiger partial charge in [-0.15, -0.1) is 0 Å². The molecule has 0 bridgehead atoms. The zero-order valence-electron chi connectivity index (χ0n) is 12.5. The minimum atomic E-state index is -0.562. The zero-order chi connectivity index (χ0) is 15.1. The first-order chi connectivity index (χ1) is 9.17. The summed E-state index contributed by atoms with van der Waals surface area (Å²) in [4.78, 5) is 11.9. The topological polar surface area (TPSA) is 67.8 Å². The first-order valence-corrected chi connectivity index (χ1v) is 6.69. The molecule has 1 amide bonds. The predicted molar refractivity (Wildman–Crippen MR) is 76.5 cm³/mol. The van der Waals surface area contributed by atoms with E-state index in [0.29, 0.717) is 23.4 Å². The molecule has 1 heterocycles. The molecule has 1 atom stereocenters. The molecular formula is C15H21NO4.